The zero-order valence-corrected chi connectivity index (χ0v) is 8.87. The van der Waals surface area contributed by atoms with Crippen LogP contribution in [0.4, 0.5) is 0 Å². The van der Waals surface area contributed by atoms with Gasteiger partial charge in [0.15, 0.2) is 0 Å². The van der Waals surface area contributed by atoms with Gasteiger partial charge >= 0.3 is 0 Å². The number of rotatable bonds is 2. The van der Waals surface area contributed by atoms with E-state index in [2.05, 4.69) is 0 Å². The van der Waals surface area contributed by atoms with Crippen molar-refractivity contribution in [2.45, 2.75) is 38.5 Å². The number of hydrogen-bond acceptors (Lipinski definition) is 2. The monoisotopic (exact) mass is 207 g/mol. The topological polar surface area (TPSA) is 60.2 Å². The summed E-state index contributed by atoms with van der Waals surface area (Å²) in [6, 6.07) is 0. The maximum absolute atomic E-state index is 11.6. The average Bonchev–Trinajstić information content (AvgIpc) is 2.15. The first-order valence-corrected chi connectivity index (χ1v) is 5.84. The van der Waals surface area contributed by atoms with Crippen molar-refractivity contribution in [3.63, 3.8) is 0 Å². The van der Waals surface area contributed by atoms with Crippen molar-refractivity contribution in [1.82, 2.24) is 0 Å². The largest absolute Gasteiger partial charge is 0.369 e. The number of nitrogens with two attached hydrogens (primary N) is 1. The molecule has 0 aromatic carbocycles. The smallest absolute Gasteiger partial charge is 0.223 e. The molecule has 82 valence electrons. The summed E-state index contributed by atoms with van der Waals surface area (Å²) in [6.45, 7) is 0. The quantitative estimate of drug-likeness (QED) is 0.693. The molecule has 3 heteroatoms. The molecular weight excluding hydrogens is 190 g/mol. The van der Waals surface area contributed by atoms with E-state index in [1.807, 2.05) is 0 Å². The van der Waals surface area contributed by atoms with Crippen molar-refractivity contribution in [2.24, 2.45) is 28.4 Å². The zero-order chi connectivity index (χ0) is 10.7. The van der Waals surface area contributed by atoms with Gasteiger partial charge in [0.2, 0.25) is 5.91 Å². The summed E-state index contributed by atoms with van der Waals surface area (Å²) in [4.78, 5) is 22.9. The van der Waals surface area contributed by atoms with Crippen LogP contribution < -0.4 is 5.73 Å². The third-order valence-electron chi connectivity index (χ3n) is 4.88. The standard InChI is InChI=1S/C12H17NO2/c13-10(15)12-4-8-1-9(5-12)3-11(2-8,6-12)7-14/h7-9H,1-6H2,(H2,13,15)/t8-,9?,11?,12?/m1/s1. The fraction of sp³-hybridized carbons (Fsp3) is 0.833. The van der Waals surface area contributed by atoms with E-state index in [1.165, 1.54) is 6.42 Å². The van der Waals surface area contributed by atoms with Gasteiger partial charge in [0.25, 0.3) is 0 Å². The molecule has 4 aliphatic rings. The van der Waals surface area contributed by atoms with Gasteiger partial charge in [-0.15, -0.1) is 0 Å². The van der Waals surface area contributed by atoms with Crippen molar-refractivity contribution in [3.8, 4) is 0 Å². The van der Waals surface area contributed by atoms with E-state index >= 15 is 0 Å². The lowest BCUT2D eigenvalue weighted by Gasteiger charge is -2.59. The van der Waals surface area contributed by atoms with Crippen molar-refractivity contribution in [1.29, 1.82) is 0 Å². The molecule has 4 atom stereocenters. The van der Waals surface area contributed by atoms with E-state index in [4.69, 9.17) is 5.73 Å². The second-order valence-electron chi connectivity index (χ2n) is 6.09. The summed E-state index contributed by atoms with van der Waals surface area (Å²) in [6.07, 6.45) is 6.94. The van der Waals surface area contributed by atoms with Gasteiger partial charge in [-0.05, 0) is 50.4 Å². The highest BCUT2D eigenvalue weighted by Gasteiger charge is 2.59. The molecule has 15 heavy (non-hydrogen) atoms. The number of carbonyl (C=O) groups is 2. The molecule has 0 aliphatic heterocycles. The van der Waals surface area contributed by atoms with Crippen LogP contribution in [0.2, 0.25) is 0 Å². The molecule has 0 radical (unpaired) electrons. The lowest BCUT2D eigenvalue weighted by molar-refractivity contribution is -0.157. The van der Waals surface area contributed by atoms with Crippen molar-refractivity contribution >= 4 is 12.2 Å². The Morgan fingerprint density at radius 3 is 2.27 bits per heavy atom. The van der Waals surface area contributed by atoms with E-state index in [0.717, 1.165) is 38.4 Å². The van der Waals surface area contributed by atoms with E-state index < -0.39 is 0 Å². The Bertz CT molecular complexity index is 323. The van der Waals surface area contributed by atoms with Crippen LogP contribution in [-0.4, -0.2) is 12.2 Å². The second-order valence-corrected chi connectivity index (χ2v) is 6.09. The van der Waals surface area contributed by atoms with E-state index in [9.17, 15) is 9.59 Å². The molecule has 4 rings (SSSR count). The molecule has 4 aliphatic carbocycles. The number of hydrogen-bond donors (Lipinski definition) is 1. The van der Waals surface area contributed by atoms with Crippen molar-refractivity contribution in [2.75, 3.05) is 0 Å². The maximum atomic E-state index is 11.6. The van der Waals surface area contributed by atoms with E-state index in [0.29, 0.717) is 11.8 Å². The number of amides is 1. The van der Waals surface area contributed by atoms with Gasteiger partial charge in [0, 0.05) is 5.41 Å². The highest BCUT2D eigenvalue weighted by atomic mass is 16.1. The molecule has 0 saturated heterocycles. The zero-order valence-electron chi connectivity index (χ0n) is 8.87. The first kappa shape index (κ1) is 9.37. The minimum absolute atomic E-state index is 0.164. The third kappa shape index (κ3) is 1.12. The Morgan fingerprint density at radius 1 is 1.20 bits per heavy atom. The molecular formula is C12H17NO2. The molecule has 1 amide bonds. The van der Waals surface area contributed by atoms with Gasteiger partial charge in [0.05, 0.1) is 5.41 Å². The van der Waals surface area contributed by atoms with Gasteiger partial charge in [-0.2, -0.15) is 0 Å². The molecule has 0 heterocycles. The number of aldehydes is 1. The first-order chi connectivity index (χ1) is 7.07. The lowest BCUT2D eigenvalue weighted by Crippen LogP contribution is -2.57. The van der Waals surface area contributed by atoms with Crippen LogP contribution in [0.25, 0.3) is 0 Å². The first-order valence-electron chi connectivity index (χ1n) is 5.84. The molecule has 4 saturated carbocycles. The van der Waals surface area contributed by atoms with Crippen molar-refractivity contribution in [3.05, 3.63) is 0 Å². The summed E-state index contributed by atoms with van der Waals surface area (Å²) < 4.78 is 0. The van der Waals surface area contributed by atoms with E-state index in [1.54, 1.807) is 0 Å². The molecule has 3 unspecified atom stereocenters. The summed E-state index contributed by atoms with van der Waals surface area (Å²) >= 11 is 0. The predicted molar refractivity (Wildman–Crippen MR) is 54.8 cm³/mol. The molecule has 0 spiro atoms. The van der Waals surface area contributed by atoms with Crippen LogP contribution in [-0.2, 0) is 9.59 Å². The SMILES string of the molecule is NC(=O)C12CC3C[C@H](CC(C=O)(C3)C1)C2. The van der Waals surface area contributed by atoms with Crippen LogP contribution in [0.1, 0.15) is 38.5 Å². The minimum atomic E-state index is -0.328. The highest BCUT2D eigenvalue weighted by Crippen LogP contribution is 2.64. The summed E-state index contributed by atoms with van der Waals surface area (Å²) in [5.41, 5.74) is 5.03. The normalized spacial score (nSPS) is 51.7. The van der Waals surface area contributed by atoms with Crippen LogP contribution in [0, 0.1) is 22.7 Å². The Morgan fingerprint density at radius 2 is 1.80 bits per heavy atom. The van der Waals surface area contributed by atoms with Crippen LogP contribution in [0.5, 0.6) is 0 Å². The maximum Gasteiger partial charge on any atom is 0.223 e. The van der Waals surface area contributed by atoms with Gasteiger partial charge in [-0.1, -0.05) is 0 Å². The Balaban J connectivity index is 2.02. The summed E-state index contributed by atoms with van der Waals surface area (Å²) in [7, 11) is 0. The molecule has 4 bridgehead atoms. The molecule has 2 N–H and O–H groups in total. The molecule has 3 nitrogen and oxygen atoms in total. The van der Waals surface area contributed by atoms with Gasteiger partial charge in [-0.3, -0.25) is 4.79 Å². The molecule has 0 aromatic heterocycles. The Labute approximate surface area is 89.4 Å². The summed E-state index contributed by atoms with van der Waals surface area (Å²) in [5, 5.41) is 0. The van der Waals surface area contributed by atoms with Gasteiger partial charge in [0.1, 0.15) is 6.29 Å². The van der Waals surface area contributed by atoms with Crippen LogP contribution >= 0.6 is 0 Å². The summed E-state index contributed by atoms with van der Waals surface area (Å²) in [5.74, 6) is 0.982. The molecule has 4 fully saturated rings. The second kappa shape index (κ2) is 2.63. The van der Waals surface area contributed by atoms with E-state index in [-0.39, 0.29) is 16.7 Å². The number of primary amides is 1. The average molecular weight is 207 g/mol. The highest BCUT2D eigenvalue weighted by molar-refractivity contribution is 5.82. The lowest BCUT2D eigenvalue weighted by atomic mass is 9.44. The Kier molecular flexibility index (Phi) is 1.64. The van der Waals surface area contributed by atoms with Gasteiger partial charge < -0.3 is 10.5 Å². The number of carbonyl (C=O) groups excluding carboxylic acids is 2. The fourth-order valence-corrected chi connectivity index (χ4v) is 4.76. The Hall–Kier alpha value is -0.860. The van der Waals surface area contributed by atoms with Crippen LogP contribution in [0.3, 0.4) is 0 Å². The van der Waals surface area contributed by atoms with Gasteiger partial charge in [-0.25, -0.2) is 0 Å². The van der Waals surface area contributed by atoms with Crippen LogP contribution in [0.15, 0.2) is 0 Å². The van der Waals surface area contributed by atoms with Crippen molar-refractivity contribution < 1.29 is 9.59 Å². The predicted octanol–water partition coefficient (Wildman–Crippen LogP) is 1.26. The minimum Gasteiger partial charge on any atom is -0.369 e. The third-order valence-corrected chi connectivity index (χ3v) is 4.88. The molecule has 0 aromatic rings. The fourth-order valence-electron chi connectivity index (χ4n) is 4.76.